The molecule has 0 fully saturated rings. The molecule has 0 radical (unpaired) electrons. The Hall–Kier alpha value is -2.70. The van der Waals surface area contributed by atoms with Gasteiger partial charge in [0.2, 0.25) is 0 Å². The van der Waals surface area contributed by atoms with E-state index in [1.54, 1.807) is 23.5 Å². The van der Waals surface area contributed by atoms with Crippen LogP contribution >= 0.6 is 11.3 Å². The van der Waals surface area contributed by atoms with E-state index in [1.807, 2.05) is 60.6 Å². The third-order valence-electron chi connectivity index (χ3n) is 4.16. The minimum atomic E-state index is -1.03. The largest absolute Gasteiger partial charge is 0.481 e. The van der Waals surface area contributed by atoms with E-state index in [1.165, 1.54) is 6.92 Å². The Kier molecular flexibility index (Phi) is 5.35. The van der Waals surface area contributed by atoms with E-state index >= 15 is 0 Å². The highest BCUT2D eigenvalue weighted by Crippen LogP contribution is 2.25. The maximum absolute atomic E-state index is 11.3. The Morgan fingerprint density at radius 1 is 1.19 bits per heavy atom. The molecular formula is C20H20N2O3S. The maximum atomic E-state index is 11.3. The van der Waals surface area contributed by atoms with Crippen molar-refractivity contribution in [3.05, 3.63) is 65.3 Å². The van der Waals surface area contributed by atoms with Gasteiger partial charge < -0.3 is 15.1 Å². The molecular weight excluding hydrogens is 348 g/mol. The first-order valence-electron chi connectivity index (χ1n) is 8.23. The van der Waals surface area contributed by atoms with E-state index in [9.17, 15) is 15.0 Å². The van der Waals surface area contributed by atoms with Crippen LogP contribution < -0.4 is 4.90 Å². The van der Waals surface area contributed by atoms with Gasteiger partial charge in [0.05, 0.1) is 16.3 Å². The van der Waals surface area contributed by atoms with Crippen LogP contribution in [0.3, 0.4) is 0 Å². The molecule has 2 aromatic carbocycles. The van der Waals surface area contributed by atoms with Crippen molar-refractivity contribution in [2.24, 2.45) is 0 Å². The third kappa shape index (κ3) is 3.92. The number of aromatic nitrogens is 1. The Bertz CT molecular complexity index is 899. The number of hydrogen-bond acceptors (Lipinski definition) is 5. The first-order valence-corrected chi connectivity index (χ1v) is 9.05. The highest BCUT2D eigenvalue weighted by atomic mass is 32.1. The summed E-state index contributed by atoms with van der Waals surface area (Å²) in [7, 11) is 1.92. The summed E-state index contributed by atoms with van der Waals surface area (Å²) in [6.07, 6.45) is 2.93. The van der Waals surface area contributed by atoms with Crippen molar-refractivity contribution in [2.75, 3.05) is 11.9 Å². The first-order chi connectivity index (χ1) is 12.5. The number of carbonyl (C=O) groups is 1. The Morgan fingerprint density at radius 2 is 1.88 bits per heavy atom. The SMILES string of the molecule is CC(O)C(C(=O)O)c1ccc(N(C)/C=C/c2nc3ccccc3s2)cc1. The number of thiazole rings is 1. The molecule has 134 valence electrons. The number of fused-ring (bicyclic) bond motifs is 1. The number of anilines is 1. The summed E-state index contributed by atoms with van der Waals surface area (Å²) in [5, 5.41) is 19.9. The van der Waals surface area contributed by atoms with E-state index < -0.39 is 18.0 Å². The van der Waals surface area contributed by atoms with Crippen molar-refractivity contribution in [3.8, 4) is 0 Å². The van der Waals surface area contributed by atoms with Crippen molar-refractivity contribution >= 4 is 39.3 Å². The zero-order valence-electron chi connectivity index (χ0n) is 14.5. The van der Waals surface area contributed by atoms with Crippen molar-refractivity contribution in [1.82, 2.24) is 4.98 Å². The number of rotatable bonds is 6. The van der Waals surface area contributed by atoms with Gasteiger partial charge in [-0.1, -0.05) is 24.3 Å². The lowest BCUT2D eigenvalue weighted by atomic mass is 9.94. The first kappa shape index (κ1) is 18.1. The standard InChI is InChI=1S/C20H20N2O3S/c1-13(23)19(20(24)25)14-7-9-15(10-8-14)22(2)12-11-18-21-16-5-3-4-6-17(16)26-18/h3-13,19,23H,1-2H3,(H,24,25)/b12-11+. The molecule has 2 N–H and O–H groups in total. The molecule has 1 heterocycles. The van der Waals surface area contributed by atoms with Crippen LogP contribution in [0.25, 0.3) is 16.3 Å². The lowest BCUT2D eigenvalue weighted by Crippen LogP contribution is -2.23. The average Bonchev–Trinajstić information content (AvgIpc) is 3.02. The number of aliphatic hydroxyl groups excluding tert-OH is 1. The van der Waals surface area contributed by atoms with Gasteiger partial charge >= 0.3 is 5.97 Å². The Morgan fingerprint density at radius 3 is 2.50 bits per heavy atom. The average molecular weight is 368 g/mol. The second kappa shape index (κ2) is 7.68. The quantitative estimate of drug-likeness (QED) is 0.689. The Labute approximate surface area is 155 Å². The van der Waals surface area contributed by atoms with Gasteiger partial charge in [0.25, 0.3) is 0 Å². The molecule has 0 aliphatic carbocycles. The zero-order valence-corrected chi connectivity index (χ0v) is 15.4. The fourth-order valence-electron chi connectivity index (χ4n) is 2.77. The van der Waals surface area contributed by atoms with Crippen LogP contribution in [-0.2, 0) is 4.79 Å². The summed E-state index contributed by atoms with van der Waals surface area (Å²) in [5.74, 6) is -1.95. The summed E-state index contributed by atoms with van der Waals surface area (Å²) >= 11 is 1.63. The molecule has 0 bridgehead atoms. The monoisotopic (exact) mass is 368 g/mol. The van der Waals surface area contributed by atoms with Crippen molar-refractivity contribution in [1.29, 1.82) is 0 Å². The summed E-state index contributed by atoms with van der Waals surface area (Å²) in [4.78, 5) is 17.8. The van der Waals surface area contributed by atoms with Gasteiger partial charge in [-0.15, -0.1) is 11.3 Å². The molecule has 26 heavy (non-hydrogen) atoms. The molecule has 3 rings (SSSR count). The van der Waals surface area contributed by atoms with Gasteiger partial charge in [-0.2, -0.15) is 0 Å². The topological polar surface area (TPSA) is 73.7 Å². The van der Waals surface area contributed by atoms with Crippen LogP contribution in [0.5, 0.6) is 0 Å². The van der Waals surface area contributed by atoms with Crippen LogP contribution in [0.4, 0.5) is 5.69 Å². The molecule has 0 aliphatic heterocycles. The molecule has 1 aromatic heterocycles. The molecule has 0 amide bonds. The number of carboxylic acid groups (broad SMARTS) is 1. The lowest BCUT2D eigenvalue weighted by molar-refractivity contribution is -0.141. The second-order valence-electron chi connectivity index (χ2n) is 6.09. The number of para-hydroxylation sites is 1. The normalized spacial score (nSPS) is 13.8. The fraction of sp³-hybridized carbons (Fsp3) is 0.200. The third-order valence-corrected chi connectivity index (χ3v) is 5.16. The van der Waals surface area contributed by atoms with Crippen molar-refractivity contribution in [2.45, 2.75) is 18.9 Å². The summed E-state index contributed by atoms with van der Waals surface area (Å²) in [5.41, 5.74) is 2.49. The number of carboxylic acids is 1. The summed E-state index contributed by atoms with van der Waals surface area (Å²) < 4.78 is 1.15. The second-order valence-corrected chi connectivity index (χ2v) is 7.16. The molecule has 5 nitrogen and oxygen atoms in total. The number of hydrogen-bond donors (Lipinski definition) is 2. The molecule has 3 aromatic rings. The van der Waals surface area contributed by atoms with Gasteiger partial charge in [0.15, 0.2) is 0 Å². The predicted octanol–water partition coefficient (Wildman–Crippen LogP) is 3.95. The van der Waals surface area contributed by atoms with Gasteiger partial charge in [-0.05, 0) is 42.8 Å². The van der Waals surface area contributed by atoms with E-state index in [4.69, 9.17) is 0 Å². The molecule has 0 saturated carbocycles. The van der Waals surface area contributed by atoms with Crippen LogP contribution in [0.15, 0.2) is 54.7 Å². The predicted molar refractivity (Wildman–Crippen MR) is 106 cm³/mol. The summed E-state index contributed by atoms with van der Waals surface area (Å²) in [6.45, 7) is 1.49. The molecule has 2 unspecified atom stereocenters. The van der Waals surface area contributed by atoms with E-state index in [2.05, 4.69) is 4.98 Å². The zero-order chi connectivity index (χ0) is 18.7. The fourth-order valence-corrected chi connectivity index (χ4v) is 3.63. The van der Waals surface area contributed by atoms with Gasteiger partial charge in [0, 0.05) is 18.9 Å². The van der Waals surface area contributed by atoms with Crippen LogP contribution in [0.2, 0.25) is 0 Å². The van der Waals surface area contributed by atoms with E-state index in [0.29, 0.717) is 5.56 Å². The smallest absolute Gasteiger partial charge is 0.313 e. The van der Waals surface area contributed by atoms with Gasteiger partial charge in [-0.3, -0.25) is 4.79 Å². The minimum absolute atomic E-state index is 0.583. The van der Waals surface area contributed by atoms with Crippen LogP contribution in [-0.4, -0.2) is 34.3 Å². The molecule has 6 heteroatoms. The van der Waals surface area contributed by atoms with Crippen molar-refractivity contribution < 1.29 is 15.0 Å². The van der Waals surface area contributed by atoms with Gasteiger partial charge in [-0.25, -0.2) is 4.98 Å². The number of nitrogens with zero attached hydrogens (tertiary/aromatic N) is 2. The molecule has 0 spiro atoms. The van der Waals surface area contributed by atoms with E-state index in [0.717, 1.165) is 20.9 Å². The Balaban J connectivity index is 1.75. The van der Waals surface area contributed by atoms with E-state index in [-0.39, 0.29) is 0 Å². The number of aliphatic carboxylic acids is 1. The van der Waals surface area contributed by atoms with Gasteiger partial charge in [0.1, 0.15) is 10.9 Å². The van der Waals surface area contributed by atoms with Crippen LogP contribution in [0, 0.1) is 0 Å². The highest BCUT2D eigenvalue weighted by Gasteiger charge is 2.24. The molecule has 0 saturated heterocycles. The molecule has 0 aliphatic rings. The summed E-state index contributed by atoms with van der Waals surface area (Å²) in [6, 6.07) is 15.2. The highest BCUT2D eigenvalue weighted by molar-refractivity contribution is 7.19. The lowest BCUT2D eigenvalue weighted by Gasteiger charge is -2.18. The number of benzene rings is 2. The van der Waals surface area contributed by atoms with Crippen LogP contribution in [0.1, 0.15) is 23.4 Å². The minimum Gasteiger partial charge on any atom is -0.481 e. The van der Waals surface area contributed by atoms with Crippen molar-refractivity contribution in [3.63, 3.8) is 0 Å². The molecule has 2 atom stereocenters. The number of aliphatic hydroxyl groups is 1. The maximum Gasteiger partial charge on any atom is 0.313 e.